The number of anilines is 1. The number of aliphatic hydroxyl groups excluding tert-OH is 1. The van der Waals surface area contributed by atoms with Crippen LogP contribution in [-0.2, 0) is 4.79 Å². The summed E-state index contributed by atoms with van der Waals surface area (Å²) in [6.07, 6.45) is 2.20. The van der Waals surface area contributed by atoms with E-state index in [1.807, 2.05) is 0 Å². The molecule has 8 nitrogen and oxygen atoms in total. The summed E-state index contributed by atoms with van der Waals surface area (Å²) in [5, 5.41) is 29.4. The van der Waals surface area contributed by atoms with E-state index < -0.39 is 5.91 Å². The molecule has 0 aliphatic carbocycles. The van der Waals surface area contributed by atoms with E-state index in [0.29, 0.717) is 44.6 Å². The van der Waals surface area contributed by atoms with E-state index >= 15 is 0 Å². The average molecular weight is 438 g/mol. The van der Waals surface area contributed by atoms with Crippen molar-refractivity contribution in [3.05, 3.63) is 35.4 Å². The first kappa shape index (κ1) is 22.4. The lowest BCUT2D eigenvalue weighted by Gasteiger charge is -2.22. The van der Waals surface area contributed by atoms with Crippen molar-refractivity contribution in [2.75, 3.05) is 37.0 Å². The van der Waals surface area contributed by atoms with Gasteiger partial charge in [0, 0.05) is 30.8 Å². The Morgan fingerprint density at radius 2 is 1.87 bits per heavy atom. The van der Waals surface area contributed by atoms with Crippen LogP contribution < -0.4 is 15.4 Å². The summed E-state index contributed by atoms with van der Waals surface area (Å²) in [4.78, 5) is 17.9. The molecule has 0 saturated carbocycles. The van der Waals surface area contributed by atoms with Gasteiger partial charge in [-0.3, -0.25) is 4.79 Å². The highest BCUT2D eigenvalue weighted by Crippen LogP contribution is 2.39. The predicted octanol–water partition coefficient (Wildman–Crippen LogP) is 2.43. The molecule has 3 rings (SSSR count). The molecule has 2 heterocycles. The highest BCUT2D eigenvalue weighted by Gasteiger charge is 2.26. The van der Waals surface area contributed by atoms with Crippen LogP contribution in [0.15, 0.2) is 29.3 Å². The third-order valence-corrected chi connectivity index (χ3v) is 5.84. The highest BCUT2D eigenvalue weighted by molar-refractivity contribution is 7.99. The number of pyridine rings is 1. The maximum atomic E-state index is 11.2. The number of hydrogen-bond acceptors (Lipinski definition) is 8. The quantitative estimate of drug-likeness (QED) is 0.571. The Morgan fingerprint density at radius 1 is 1.19 bits per heavy atom. The van der Waals surface area contributed by atoms with Crippen molar-refractivity contribution in [3.8, 4) is 29.0 Å². The molecule has 0 bridgehead atoms. The standard InChI is InChI=1S/C22H23N5O3S/c23-13-17-20(15-3-5-16(6-4-15)30-11-10-28)18(14-24)22(31-12-7-19(25)29)26-21(17)27-8-1-2-9-27/h3-6,28H,1-2,7-12H2,(H2,25,29). The van der Waals surface area contributed by atoms with Crippen molar-refractivity contribution >= 4 is 23.5 Å². The number of amides is 1. The molecule has 160 valence electrons. The largest absolute Gasteiger partial charge is 0.491 e. The number of nitrogens with two attached hydrogens (primary N) is 1. The van der Waals surface area contributed by atoms with Gasteiger partial charge in [-0.1, -0.05) is 12.1 Å². The Labute approximate surface area is 185 Å². The molecular formula is C22H23N5O3S. The van der Waals surface area contributed by atoms with Gasteiger partial charge in [-0.05, 0) is 30.5 Å². The van der Waals surface area contributed by atoms with Crippen LogP contribution >= 0.6 is 11.8 Å². The highest BCUT2D eigenvalue weighted by atomic mass is 32.2. The normalized spacial score (nSPS) is 12.9. The van der Waals surface area contributed by atoms with E-state index in [4.69, 9.17) is 15.6 Å². The second-order valence-electron chi connectivity index (χ2n) is 6.94. The van der Waals surface area contributed by atoms with Gasteiger partial charge in [0.2, 0.25) is 5.91 Å². The van der Waals surface area contributed by atoms with Gasteiger partial charge in [-0.15, -0.1) is 11.8 Å². The molecule has 3 N–H and O–H groups in total. The lowest BCUT2D eigenvalue weighted by Crippen LogP contribution is -2.21. The van der Waals surface area contributed by atoms with Crippen molar-refractivity contribution in [2.24, 2.45) is 5.73 Å². The second-order valence-corrected chi connectivity index (χ2v) is 8.03. The molecule has 0 radical (unpaired) electrons. The van der Waals surface area contributed by atoms with E-state index in [0.717, 1.165) is 25.9 Å². The summed E-state index contributed by atoms with van der Waals surface area (Å²) < 4.78 is 5.41. The Morgan fingerprint density at radius 3 is 2.45 bits per heavy atom. The van der Waals surface area contributed by atoms with E-state index in [1.165, 1.54) is 11.8 Å². The number of benzene rings is 1. The number of nitriles is 2. The van der Waals surface area contributed by atoms with Gasteiger partial charge >= 0.3 is 0 Å². The molecule has 1 aliphatic rings. The monoisotopic (exact) mass is 437 g/mol. The molecule has 1 aromatic carbocycles. The van der Waals surface area contributed by atoms with Crippen LogP contribution in [0, 0.1) is 22.7 Å². The molecule has 31 heavy (non-hydrogen) atoms. The number of thioether (sulfide) groups is 1. The number of hydrogen-bond donors (Lipinski definition) is 2. The number of primary amides is 1. The van der Waals surface area contributed by atoms with Crippen LogP contribution in [0.2, 0.25) is 0 Å². The van der Waals surface area contributed by atoms with E-state index in [2.05, 4.69) is 22.0 Å². The Kier molecular flexibility index (Phi) is 7.71. The van der Waals surface area contributed by atoms with Gasteiger partial charge in [0.15, 0.2) is 0 Å². The van der Waals surface area contributed by atoms with Crippen LogP contribution in [0.4, 0.5) is 5.82 Å². The van der Waals surface area contributed by atoms with Crippen LogP contribution in [0.5, 0.6) is 5.75 Å². The van der Waals surface area contributed by atoms with Crippen molar-refractivity contribution in [1.82, 2.24) is 4.98 Å². The number of carbonyl (C=O) groups is 1. The number of aromatic nitrogens is 1. The maximum Gasteiger partial charge on any atom is 0.218 e. The van der Waals surface area contributed by atoms with Crippen molar-refractivity contribution in [3.63, 3.8) is 0 Å². The maximum absolute atomic E-state index is 11.2. The minimum atomic E-state index is -0.418. The third-order valence-electron chi connectivity index (χ3n) is 4.86. The van der Waals surface area contributed by atoms with Gasteiger partial charge < -0.3 is 20.5 Å². The summed E-state index contributed by atoms with van der Waals surface area (Å²) in [6, 6.07) is 11.5. The summed E-state index contributed by atoms with van der Waals surface area (Å²) in [5.74, 6) is 1.13. The topological polar surface area (TPSA) is 136 Å². The Bertz CT molecular complexity index is 1020. The number of ether oxygens (including phenoxy) is 1. The lowest BCUT2D eigenvalue weighted by atomic mass is 9.96. The summed E-state index contributed by atoms with van der Waals surface area (Å²) >= 11 is 1.29. The molecule has 1 fully saturated rings. The van der Waals surface area contributed by atoms with Crippen LogP contribution in [0.25, 0.3) is 11.1 Å². The zero-order valence-electron chi connectivity index (χ0n) is 17.0. The zero-order chi connectivity index (χ0) is 22.2. The van der Waals surface area contributed by atoms with E-state index in [1.54, 1.807) is 24.3 Å². The molecule has 9 heteroatoms. The second kappa shape index (κ2) is 10.7. The van der Waals surface area contributed by atoms with Gasteiger partial charge in [0.25, 0.3) is 0 Å². The van der Waals surface area contributed by atoms with E-state index in [9.17, 15) is 15.3 Å². The summed E-state index contributed by atoms with van der Waals surface area (Å²) in [7, 11) is 0. The fraction of sp³-hybridized carbons (Fsp3) is 0.364. The van der Waals surface area contributed by atoms with Gasteiger partial charge in [0.1, 0.15) is 40.9 Å². The molecule has 2 aromatic rings. The molecule has 1 aromatic heterocycles. The summed E-state index contributed by atoms with van der Waals surface area (Å²) in [5.41, 5.74) is 7.15. The van der Waals surface area contributed by atoms with Crippen LogP contribution in [0.1, 0.15) is 30.4 Å². The molecule has 1 aliphatic heterocycles. The van der Waals surface area contributed by atoms with Crippen LogP contribution in [0.3, 0.4) is 0 Å². The number of carbonyl (C=O) groups excluding carboxylic acids is 1. The van der Waals surface area contributed by atoms with Crippen molar-refractivity contribution < 1.29 is 14.6 Å². The number of aliphatic hydroxyl groups is 1. The smallest absolute Gasteiger partial charge is 0.218 e. The summed E-state index contributed by atoms with van der Waals surface area (Å²) in [6.45, 7) is 1.69. The fourth-order valence-electron chi connectivity index (χ4n) is 3.44. The first-order valence-corrected chi connectivity index (χ1v) is 11.0. The Balaban J connectivity index is 2.12. The third kappa shape index (κ3) is 5.26. The first-order valence-electron chi connectivity index (χ1n) is 9.97. The van der Waals surface area contributed by atoms with E-state index in [-0.39, 0.29) is 19.6 Å². The minimum absolute atomic E-state index is 0.0889. The van der Waals surface area contributed by atoms with Gasteiger partial charge in [-0.2, -0.15) is 10.5 Å². The molecule has 0 unspecified atom stereocenters. The van der Waals surface area contributed by atoms with Gasteiger partial charge in [-0.25, -0.2) is 4.98 Å². The van der Waals surface area contributed by atoms with Crippen molar-refractivity contribution in [1.29, 1.82) is 10.5 Å². The fourth-order valence-corrected chi connectivity index (χ4v) is 4.38. The average Bonchev–Trinajstić information content (AvgIpc) is 3.31. The van der Waals surface area contributed by atoms with Gasteiger partial charge in [0.05, 0.1) is 12.2 Å². The predicted molar refractivity (Wildman–Crippen MR) is 118 cm³/mol. The molecule has 1 amide bonds. The molecule has 0 spiro atoms. The molecular weight excluding hydrogens is 414 g/mol. The molecule has 1 saturated heterocycles. The number of nitrogens with zero attached hydrogens (tertiary/aromatic N) is 4. The number of rotatable bonds is 9. The van der Waals surface area contributed by atoms with Crippen LogP contribution in [-0.4, -0.2) is 48.1 Å². The SMILES string of the molecule is N#Cc1c(SCCC(N)=O)nc(N2CCCC2)c(C#N)c1-c1ccc(OCCO)cc1. The lowest BCUT2D eigenvalue weighted by molar-refractivity contribution is -0.117. The first-order chi connectivity index (χ1) is 15.1. The Hall–Kier alpha value is -3.27. The zero-order valence-corrected chi connectivity index (χ0v) is 17.8. The molecule has 0 atom stereocenters. The van der Waals surface area contributed by atoms with Crippen molar-refractivity contribution in [2.45, 2.75) is 24.3 Å². The minimum Gasteiger partial charge on any atom is -0.491 e.